The third kappa shape index (κ3) is 4.05. The van der Waals surface area contributed by atoms with Gasteiger partial charge in [-0.15, -0.1) is 0 Å². The van der Waals surface area contributed by atoms with E-state index in [4.69, 9.17) is 0 Å². The van der Waals surface area contributed by atoms with E-state index in [1.54, 1.807) is 0 Å². The Kier molecular flexibility index (Phi) is 5.87. The number of aromatic nitrogens is 1. The first kappa shape index (κ1) is 15.3. The molecule has 0 amide bonds. The second-order valence-corrected chi connectivity index (χ2v) is 4.85. The van der Waals surface area contributed by atoms with Crippen molar-refractivity contribution in [2.45, 2.75) is 40.7 Å². The van der Waals surface area contributed by atoms with Gasteiger partial charge in [-0.1, -0.05) is 33.8 Å². The number of halogens is 1. The van der Waals surface area contributed by atoms with E-state index in [1.807, 2.05) is 43.7 Å². The fourth-order valence-corrected chi connectivity index (χ4v) is 1.38. The minimum absolute atomic E-state index is 0. The molecule has 1 aromatic rings. The molecule has 90 valence electrons. The lowest BCUT2D eigenvalue weighted by atomic mass is 9.91. The van der Waals surface area contributed by atoms with Crippen LogP contribution in [0.5, 0.6) is 0 Å². The smallest absolute Gasteiger partial charge is 0.207 e. The summed E-state index contributed by atoms with van der Waals surface area (Å²) < 4.78 is 2.04. The highest BCUT2D eigenvalue weighted by Gasteiger charge is 2.25. The van der Waals surface area contributed by atoms with E-state index < -0.39 is 0 Å². The van der Waals surface area contributed by atoms with Gasteiger partial charge in [-0.05, 0) is 0 Å². The van der Waals surface area contributed by atoms with Crippen LogP contribution in [0.4, 0.5) is 0 Å². The number of hydrogen-bond acceptors (Lipinski definition) is 1. The summed E-state index contributed by atoms with van der Waals surface area (Å²) in [4.78, 5) is 11.9. The summed E-state index contributed by atoms with van der Waals surface area (Å²) >= 11 is 0. The molecule has 0 aliphatic heterocycles. The molecule has 3 heteroatoms. The monoisotopic (exact) mass is 285 g/mol. The number of hydrogen-bond donors (Lipinski definition) is 0. The maximum atomic E-state index is 11.9. The van der Waals surface area contributed by atoms with E-state index >= 15 is 0 Å². The molecule has 1 heterocycles. The fourth-order valence-electron chi connectivity index (χ4n) is 1.38. The van der Waals surface area contributed by atoms with Crippen molar-refractivity contribution in [1.29, 1.82) is 0 Å². The standard InChI is InChI=1S/C13H20NO.BrH/c1-5-11-8-6-7-9-14(11)10-12(15)13(2,3)4;/h6-9H,5,10H2,1-4H3;1H/q+1;/p-1. The van der Waals surface area contributed by atoms with Crippen molar-refractivity contribution in [3.63, 3.8) is 0 Å². The highest BCUT2D eigenvalue weighted by molar-refractivity contribution is 5.82. The Morgan fingerprint density at radius 3 is 2.44 bits per heavy atom. The Balaban J connectivity index is 0.00000225. The maximum Gasteiger partial charge on any atom is 0.207 e. The molecule has 0 aliphatic carbocycles. The summed E-state index contributed by atoms with van der Waals surface area (Å²) in [6.45, 7) is 8.47. The SMILES string of the molecule is CCc1cccc[n+]1CC(=O)C(C)(C)C.[Br-]. The van der Waals surface area contributed by atoms with Crippen LogP contribution in [0.3, 0.4) is 0 Å². The van der Waals surface area contributed by atoms with Crippen molar-refractivity contribution in [3.05, 3.63) is 30.1 Å². The minimum atomic E-state index is -0.256. The first-order chi connectivity index (χ1) is 6.95. The van der Waals surface area contributed by atoms with Gasteiger partial charge in [0, 0.05) is 24.0 Å². The van der Waals surface area contributed by atoms with Gasteiger partial charge in [-0.25, -0.2) is 0 Å². The molecule has 0 atom stereocenters. The third-order valence-corrected chi connectivity index (χ3v) is 2.55. The third-order valence-electron chi connectivity index (χ3n) is 2.55. The van der Waals surface area contributed by atoms with Crippen molar-refractivity contribution >= 4 is 5.78 Å². The molecule has 0 radical (unpaired) electrons. The molecule has 1 aromatic heterocycles. The summed E-state index contributed by atoms with van der Waals surface area (Å²) in [7, 11) is 0. The number of rotatable bonds is 3. The molecule has 0 N–H and O–H groups in total. The number of nitrogens with zero attached hydrogens (tertiary/aromatic N) is 1. The number of carbonyl (C=O) groups is 1. The van der Waals surface area contributed by atoms with Gasteiger partial charge in [0.15, 0.2) is 11.9 Å². The Hall–Kier alpha value is -0.700. The van der Waals surface area contributed by atoms with Crippen LogP contribution in [0, 0.1) is 5.41 Å². The highest BCUT2D eigenvalue weighted by Crippen LogP contribution is 2.14. The number of ketones is 1. The molecule has 0 unspecified atom stereocenters. The summed E-state index contributed by atoms with van der Waals surface area (Å²) in [5, 5.41) is 0. The van der Waals surface area contributed by atoms with Crippen LogP contribution in [-0.2, 0) is 17.8 Å². The molecular weight excluding hydrogens is 266 g/mol. The van der Waals surface area contributed by atoms with Gasteiger partial charge in [0.1, 0.15) is 0 Å². The van der Waals surface area contributed by atoms with E-state index in [-0.39, 0.29) is 28.2 Å². The summed E-state index contributed by atoms with van der Waals surface area (Å²) in [5.74, 6) is 0.272. The van der Waals surface area contributed by atoms with E-state index in [0.29, 0.717) is 6.54 Å². The summed E-state index contributed by atoms with van der Waals surface area (Å²) in [6.07, 6.45) is 2.93. The molecule has 0 saturated carbocycles. The van der Waals surface area contributed by atoms with Crippen LogP contribution in [0.2, 0.25) is 0 Å². The average Bonchev–Trinajstić information content (AvgIpc) is 2.17. The van der Waals surface area contributed by atoms with Gasteiger partial charge in [-0.3, -0.25) is 4.79 Å². The van der Waals surface area contributed by atoms with Crippen LogP contribution < -0.4 is 21.5 Å². The first-order valence-electron chi connectivity index (χ1n) is 5.46. The van der Waals surface area contributed by atoms with Gasteiger partial charge in [0.25, 0.3) is 0 Å². The van der Waals surface area contributed by atoms with Crippen LogP contribution in [0.15, 0.2) is 24.4 Å². The normalized spacial score (nSPS) is 10.8. The topological polar surface area (TPSA) is 20.9 Å². The van der Waals surface area contributed by atoms with Crippen molar-refractivity contribution in [2.24, 2.45) is 5.41 Å². The zero-order chi connectivity index (χ0) is 11.5. The van der Waals surface area contributed by atoms with Crippen molar-refractivity contribution in [2.75, 3.05) is 0 Å². The molecular formula is C13H20BrNO. The number of aryl methyl sites for hydroxylation is 1. The van der Waals surface area contributed by atoms with Gasteiger partial charge >= 0.3 is 0 Å². The molecule has 2 nitrogen and oxygen atoms in total. The molecule has 0 spiro atoms. The molecule has 0 aromatic carbocycles. The lowest BCUT2D eigenvalue weighted by Crippen LogP contribution is -3.00. The second-order valence-electron chi connectivity index (χ2n) is 4.85. The van der Waals surface area contributed by atoms with Crippen molar-refractivity contribution < 1.29 is 26.3 Å². The molecule has 1 rings (SSSR count). The Bertz CT molecular complexity index is 355. The lowest BCUT2D eigenvalue weighted by Gasteiger charge is -2.14. The molecule has 0 saturated heterocycles. The first-order valence-corrected chi connectivity index (χ1v) is 5.46. The van der Waals surface area contributed by atoms with Crippen molar-refractivity contribution in [3.8, 4) is 0 Å². The molecule has 0 aliphatic rings. The van der Waals surface area contributed by atoms with E-state index in [1.165, 1.54) is 5.69 Å². The van der Waals surface area contributed by atoms with Crippen molar-refractivity contribution in [1.82, 2.24) is 0 Å². The Labute approximate surface area is 108 Å². The predicted octanol–water partition coefficient (Wildman–Crippen LogP) is -0.844. The van der Waals surface area contributed by atoms with E-state index in [9.17, 15) is 4.79 Å². The quantitative estimate of drug-likeness (QED) is 0.664. The van der Waals surface area contributed by atoms with Gasteiger partial charge in [0.2, 0.25) is 12.3 Å². The number of Topliss-reactive ketones (excluding diaryl/α,β-unsaturated/α-hetero) is 1. The fraction of sp³-hybridized carbons (Fsp3) is 0.538. The molecule has 0 fully saturated rings. The van der Waals surface area contributed by atoms with Crippen LogP contribution in [0.1, 0.15) is 33.4 Å². The molecule has 16 heavy (non-hydrogen) atoms. The minimum Gasteiger partial charge on any atom is -1.00 e. The average molecular weight is 286 g/mol. The van der Waals surface area contributed by atoms with Crippen LogP contribution in [-0.4, -0.2) is 5.78 Å². The van der Waals surface area contributed by atoms with Crippen LogP contribution in [0.25, 0.3) is 0 Å². The maximum absolute atomic E-state index is 11.9. The van der Waals surface area contributed by atoms with Gasteiger partial charge in [0.05, 0.1) is 0 Å². The van der Waals surface area contributed by atoms with E-state index in [2.05, 4.69) is 13.0 Å². The highest BCUT2D eigenvalue weighted by atomic mass is 79.9. The zero-order valence-corrected chi connectivity index (χ0v) is 12.0. The Morgan fingerprint density at radius 2 is 1.94 bits per heavy atom. The van der Waals surface area contributed by atoms with Gasteiger partial charge in [-0.2, -0.15) is 4.57 Å². The predicted molar refractivity (Wildman–Crippen MR) is 60.5 cm³/mol. The largest absolute Gasteiger partial charge is 1.00 e. The molecule has 0 bridgehead atoms. The Morgan fingerprint density at radius 1 is 1.31 bits per heavy atom. The number of carbonyl (C=O) groups excluding carboxylic acids is 1. The lowest BCUT2D eigenvalue weighted by molar-refractivity contribution is -0.692. The van der Waals surface area contributed by atoms with E-state index in [0.717, 1.165) is 6.42 Å². The summed E-state index contributed by atoms with van der Waals surface area (Å²) in [6, 6.07) is 6.04. The number of pyridine rings is 1. The second kappa shape index (κ2) is 6.14. The summed E-state index contributed by atoms with van der Waals surface area (Å²) in [5.41, 5.74) is 0.948. The van der Waals surface area contributed by atoms with Crippen LogP contribution >= 0.6 is 0 Å². The van der Waals surface area contributed by atoms with Gasteiger partial charge < -0.3 is 17.0 Å². The zero-order valence-electron chi connectivity index (χ0n) is 10.5.